The standard InChI is InChI=1S/C30H45N3O3.3BrH/c1-2-15-33(26-10-13-28-25(22-26)9-14-29(35)30(28)36)17-6-4-3-5-16-31-18-20-32(21-19-31)23-24-7-11-27(34)12-8-24;;;/h7-9,11-12,14,26,34-36H,2-6,10,13,15-23H2,1H3;3*1H/t26-;;;/m0.../s1. The predicted octanol–water partition coefficient (Wildman–Crippen LogP) is 6.48. The molecule has 0 bridgehead atoms. The summed E-state index contributed by atoms with van der Waals surface area (Å²) in [4.78, 5) is 7.79. The Labute approximate surface area is 266 Å². The number of aromatic hydroxyl groups is 3. The molecule has 1 fully saturated rings. The van der Waals surface area contributed by atoms with E-state index in [0.29, 0.717) is 11.8 Å². The van der Waals surface area contributed by atoms with Gasteiger partial charge < -0.3 is 25.1 Å². The van der Waals surface area contributed by atoms with Crippen LogP contribution in [0.1, 0.15) is 62.1 Å². The summed E-state index contributed by atoms with van der Waals surface area (Å²) in [5.41, 5.74) is 3.42. The van der Waals surface area contributed by atoms with Crippen molar-refractivity contribution in [2.45, 2.75) is 70.9 Å². The molecule has 1 saturated heterocycles. The number of phenolic OH excluding ortho intramolecular Hbond substituents is 3. The number of piperazine rings is 1. The van der Waals surface area contributed by atoms with Gasteiger partial charge in [-0.25, -0.2) is 0 Å². The molecule has 0 saturated carbocycles. The summed E-state index contributed by atoms with van der Waals surface area (Å²) >= 11 is 0. The minimum absolute atomic E-state index is 0. The van der Waals surface area contributed by atoms with Gasteiger partial charge in [0.1, 0.15) is 5.75 Å². The Kier molecular flexibility index (Phi) is 17.2. The van der Waals surface area contributed by atoms with Gasteiger partial charge in [0.05, 0.1) is 0 Å². The highest BCUT2D eigenvalue weighted by atomic mass is 79.9. The molecule has 1 aliphatic heterocycles. The van der Waals surface area contributed by atoms with Crippen molar-refractivity contribution in [3.8, 4) is 17.2 Å². The zero-order chi connectivity index (χ0) is 25.3. The zero-order valence-corrected chi connectivity index (χ0v) is 28.4. The number of halogens is 3. The smallest absolute Gasteiger partial charge is 0.160 e. The lowest BCUT2D eigenvalue weighted by Crippen LogP contribution is -2.46. The molecule has 4 rings (SSSR count). The van der Waals surface area contributed by atoms with Gasteiger partial charge in [-0.2, -0.15) is 0 Å². The van der Waals surface area contributed by atoms with E-state index < -0.39 is 0 Å². The maximum atomic E-state index is 10.2. The average molecular weight is 738 g/mol. The normalized spacial score (nSPS) is 17.5. The summed E-state index contributed by atoms with van der Waals surface area (Å²) in [5.74, 6) is 0.435. The SMILES string of the molecule is Br.Br.Br.CCCN(CCCCCCN1CCN(Cc2ccc(O)cc2)CC1)[C@H]1CCc2c(ccc(O)c2O)C1. The minimum atomic E-state index is 0. The fourth-order valence-corrected chi connectivity index (χ4v) is 5.91. The third-order valence-corrected chi connectivity index (χ3v) is 8.05. The van der Waals surface area contributed by atoms with Crippen molar-refractivity contribution in [3.63, 3.8) is 0 Å². The fraction of sp³-hybridized carbons (Fsp3) is 0.600. The highest BCUT2D eigenvalue weighted by molar-refractivity contribution is 8.93. The van der Waals surface area contributed by atoms with E-state index in [1.807, 2.05) is 18.2 Å². The molecule has 0 unspecified atom stereocenters. The highest BCUT2D eigenvalue weighted by Crippen LogP contribution is 2.36. The molecule has 1 aliphatic carbocycles. The van der Waals surface area contributed by atoms with Crippen molar-refractivity contribution in [2.24, 2.45) is 0 Å². The van der Waals surface area contributed by atoms with Crippen LogP contribution in [-0.2, 0) is 19.4 Å². The van der Waals surface area contributed by atoms with Crippen LogP contribution in [0.4, 0.5) is 0 Å². The molecule has 0 radical (unpaired) electrons. The molecule has 3 N–H and O–H groups in total. The van der Waals surface area contributed by atoms with E-state index in [0.717, 1.165) is 70.6 Å². The Hall–Kier alpha value is -0.840. The van der Waals surface area contributed by atoms with Crippen molar-refractivity contribution in [1.29, 1.82) is 0 Å². The summed E-state index contributed by atoms with van der Waals surface area (Å²) in [7, 11) is 0. The van der Waals surface area contributed by atoms with E-state index in [9.17, 15) is 15.3 Å². The molecule has 0 amide bonds. The van der Waals surface area contributed by atoms with E-state index >= 15 is 0 Å². The van der Waals surface area contributed by atoms with Gasteiger partial charge in [0.15, 0.2) is 11.5 Å². The molecule has 6 nitrogen and oxygen atoms in total. The number of unbranched alkanes of at least 4 members (excludes halogenated alkanes) is 3. The quantitative estimate of drug-likeness (QED) is 0.171. The summed E-state index contributed by atoms with van der Waals surface area (Å²) in [6.45, 7) is 11.3. The second-order valence-electron chi connectivity index (χ2n) is 10.7. The number of hydrogen-bond donors (Lipinski definition) is 3. The number of hydrogen-bond acceptors (Lipinski definition) is 6. The molecule has 2 aliphatic rings. The molecule has 1 atom stereocenters. The molecular weight excluding hydrogens is 690 g/mol. The lowest BCUT2D eigenvalue weighted by atomic mass is 9.86. The van der Waals surface area contributed by atoms with E-state index in [2.05, 4.69) is 21.6 Å². The lowest BCUT2D eigenvalue weighted by Gasteiger charge is -2.35. The molecule has 2 aromatic rings. The van der Waals surface area contributed by atoms with Crippen LogP contribution in [0.2, 0.25) is 0 Å². The van der Waals surface area contributed by atoms with Crippen LogP contribution in [0.3, 0.4) is 0 Å². The molecule has 9 heteroatoms. The summed E-state index contributed by atoms with van der Waals surface area (Å²) < 4.78 is 0. The van der Waals surface area contributed by atoms with Gasteiger partial charge in [-0.1, -0.05) is 38.0 Å². The van der Waals surface area contributed by atoms with Crippen LogP contribution in [-0.4, -0.2) is 81.9 Å². The van der Waals surface area contributed by atoms with Gasteiger partial charge in [0, 0.05) is 44.3 Å². The molecule has 1 heterocycles. The van der Waals surface area contributed by atoms with Crippen LogP contribution >= 0.6 is 50.9 Å². The summed E-state index contributed by atoms with van der Waals surface area (Å²) in [5, 5.41) is 29.5. The van der Waals surface area contributed by atoms with Gasteiger partial charge >= 0.3 is 0 Å². The van der Waals surface area contributed by atoms with Crippen molar-refractivity contribution in [2.75, 3.05) is 45.8 Å². The van der Waals surface area contributed by atoms with Gasteiger partial charge in [0.2, 0.25) is 0 Å². The largest absolute Gasteiger partial charge is 0.508 e. The maximum absolute atomic E-state index is 10.2. The Balaban J connectivity index is 0.00000253. The zero-order valence-electron chi connectivity index (χ0n) is 23.3. The van der Waals surface area contributed by atoms with E-state index in [4.69, 9.17) is 0 Å². The number of nitrogens with zero attached hydrogens (tertiary/aromatic N) is 3. The first kappa shape index (κ1) is 36.2. The predicted molar refractivity (Wildman–Crippen MR) is 177 cm³/mol. The first-order chi connectivity index (χ1) is 17.5. The summed E-state index contributed by atoms with van der Waals surface area (Å²) in [6, 6.07) is 11.8. The minimum Gasteiger partial charge on any atom is -0.508 e. The first-order valence-electron chi connectivity index (χ1n) is 14.0. The topological polar surface area (TPSA) is 70.4 Å². The highest BCUT2D eigenvalue weighted by Gasteiger charge is 2.26. The number of phenols is 3. The van der Waals surface area contributed by atoms with Gasteiger partial charge in [-0.3, -0.25) is 4.90 Å². The molecule has 222 valence electrons. The van der Waals surface area contributed by atoms with E-state index in [1.54, 1.807) is 18.2 Å². The van der Waals surface area contributed by atoms with Crippen LogP contribution in [0.5, 0.6) is 17.2 Å². The van der Waals surface area contributed by atoms with Crippen molar-refractivity contribution in [3.05, 3.63) is 53.1 Å². The average Bonchev–Trinajstić information content (AvgIpc) is 2.89. The third kappa shape index (κ3) is 10.8. The Morgan fingerprint density at radius 1 is 0.795 bits per heavy atom. The third-order valence-electron chi connectivity index (χ3n) is 8.05. The van der Waals surface area contributed by atoms with E-state index in [-0.39, 0.29) is 62.4 Å². The van der Waals surface area contributed by atoms with Gasteiger partial charge in [-0.15, -0.1) is 50.9 Å². The Morgan fingerprint density at radius 3 is 2.15 bits per heavy atom. The number of benzene rings is 2. The molecule has 0 spiro atoms. The van der Waals surface area contributed by atoms with Crippen LogP contribution in [0.25, 0.3) is 0 Å². The van der Waals surface area contributed by atoms with Crippen molar-refractivity contribution in [1.82, 2.24) is 14.7 Å². The van der Waals surface area contributed by atoms with Crippen LogP contribution < -0.4 is 0 Å². The number of rotatable bonds is 12. The van der Waals surface area contributed by atoms with E-state index in [1.165, 1.54) is 49.8 Å². The van der Waals surface area contributed by atoms with Crippen molar-refractivity contribution >= 4 is 50.9 Å². The first-order valence-corrected chi connectivity index (χ1v) is 14.0. The molecule has 39 heavy (non-hydrogen) atoms. The summed E-state index contributed by atoms with van der Waals surface area (Å²) in [6.07, 6.45) is 9.18. The van der Waals surface area contributed by atoms with Gasteiger partial charge in [0.25, 0.3) is 0 Å². The number of fused-ring (bicyclic) bond motifs is 1. The molecule has 0 aromatic heterocycles. The second-order valence-corrected chi connectivity index (χ2v) is 10.7. The van der Waals surface area contributed by atoms with Crippen LogP contribution in [0, 0.1) is 0 Å². The Morgan fingerprint density at radius 2 is 1.46 bits per heavy atom. The lowest BCUT2D eigenvalue weighted by molar-refractivity contribution is 0.125. The van der Waals surface area contributed by atoms with Gasteiger partial charge in [-0.05, 0) is 87.5 Å². The Bertz CT molecular complexity index is 956. The molecular formula is C30H48Br3N3O3. The monoisotopic (exact) mass is 735 g/mol. The second kappa shape index (κ2) is 18.6. The fourth-order valence-electron chi connectivity index (χ4n) is 5.91. The van der Waals surface area contributed by atoms with Crippen LogP contribution in [0.15, 0.2) is 36.4 Å². The maximum Gasteiger partial charge on any atom is 0.160 e. The molecule has 2 aromatic carbocycles. The van der Waals surface area contributed by atoms with Crippen molar-refractivity contribution < 1.29 is 15.3 Å².